The van der Waals surface area contributed by atoms with E-state index in [1.807, 2.05) is 4.90 Å². The molecule has 29 heavy (non-hydrogen) atoms. The Kier molecular flexibility index (Phi) is 5.07. The fourth-order valence-corrected chi connectivity index (χ4v) is 6.63. The van der Waals surface area contributed by atoms with Gasteiger partial charge in [0.1, 0.15) is 11.4 Å². The number of rotatable bonds is 3. The molecule has 5 nitrogen and oxygen atoms in total. The van der Waals surface area contributed by atoms with Gasteiger partial charge in [-0.25, -0.2) is 0 Å². The second kappa shape index (κ2) is 7.59. The molecule has 4 aliphatic rings. The number of ether oxygens (including phenoxy) is 1. The number of likely N-dealkylation sites (tertiary alicyclic amines) is 1. The molecule has 1 aromatic carbocycles. The minimum absolute atomic E-state index is 0.0145. The van der Waals surface area contributed by atoms with Crippen molar-refractivity contribution >= 4 is 5.91 Å². The first-order valence-electron chi connectivity index (χ1n) is 11.5. The van der Waals surface area contributed by atoms with Crippen LogP contribution in [0.15, 0.2) is 24.3 Å². The molecule has 3 heterocycles. The molecule has 0 aromatic heterocycles. The molecule has 158 valence electrons. The molecular formula is C24H34N2O3. The van der Waals surface area contributed by atoms with Crippen LogP contribution in [0.5, 0.6) is 5.75 Å². The molecule has 5 rings (SSSR count). The topological polar surface area (TPSA) is 53.0 Å². The number of hydrogen-bond donors (Lipinski definition) is 1. The van der Waals surface area contributed by atoms with E-state index in [4.69, 9.17) is 4.74 Å². The molecule has 5 heteroatoms. The molecule has 4 atom stereocenters. The smallest absolute Gasteiger partial charge is 0.254 e. The summed E-state index contributed by atoms with van der Waals surface area (Å²) in [6, 6.07) is 9.63. The lowest BCUT2D eigenvalue weighted by atomic mass is 9.73. The highest BCUT2D eigenvalue weighted by Crippen LogP contribution is 2.45. The summed E-state index contributed by atoms with van der Waals surface area (Å²) in [5, 5.41) is 10.8. The van der Waals surface area contributed by atoms with Crippen molar-refractivity contribution in [2.45, 2.75) is 69.1 Å². The van der Waals surface area contributed by atoms with Crippen molar-refractivity contribution in [3.8, 4) is 5.75 Å². The Balaban J connectivity index is 1.33. The Morgan fingerprint density at radius 2 is 1.83 bits per heavy atom. The number of carbonyl (C=O) groups excluding carboxylic acids is 1. The predicted molar refractivity (Wildman–Crippen MR) is 112 cm³/mol. The summed E-state index contributed by atoms with van der Waals surface area (Å²) in [7, 11) is 1.71. The normalized spacial score (nSPS) is 33.9. The van der Waals surface area contributed by atoms with Gasteiger partial charge in [0, 0.05) is 31.7 Å². The van der Waals surface area contributed by atoms with Crippen LogP contribution >= 0.6 is 0 Å². The highest BCUT2D eigenvalue weighted by Gasteiger charge is 2.49. The molecule has 4 fully saturated rings. The SMILES string of the molecule is COc1ccc([C@H]2CCC[C@H]3[C@@H]4C[C@@H](CN(C(=O)C5(O)CCCC5)C4)CN23)cc1. The van der Waals surface area contributed by atoms with Gasteiger partial charge in [-0.15, -0.1) is 0 Å². The lowest BCUT2D eigenvalue weighted by molar-refractivity contribution is -0.158. The number of piperidine rings is 3. The van der Waals surface area contributed by atoms with Gasteiger partial charge in [-0.2, -0.15) is 0 Å². The van der Waals surface area contributed by atoms with E-state index in [1.54, 1.807) is 7.11 Å². The van der Waals surface area contributed by atoms with Gasteiger partial charge < -0.3 is 14.7 Å². The van der Waals surface area contributed by atoms with Crippen LogP contribution in [0.3, 0.4) is 0 Å². The van der Waals surface area contributed by atoms with E-state index in [0.29, 0.717) is 36.8 Å². The summed E-state index contributed by atoms with van der Waals surface area (Å²) in [4.78, 5) is 17.9. The van der Waals surface area contributed by atoms with Crippen molar-refractivity contribution in [2.75, 3.05) is 26.7 Å². The molecule has 0 spiro atoms. The van der Waals surface area contributed by atoms with Crippen LogP contribution in [0.2, 0.25) is 0 Å². The van der Waals surface area contributed by atoms with Crippen molar-refractivity contribution in [3.63, 3.8) is 0 Å². The third kappa shape index (κ3) is 3.46. The largest absolute Gasteiger partial charge is 0.497 e. The third-order valence-corrected chi connectivity index (χ3v) is 8.00. The minimum Gasteiger partial charge on any atom is -0.497 e. The molecule has 2 bridgehead atoms. The van der Waals surface area contributed by atoms with E-state index in [9.17, 15) is 9.90 Å². The molecule has 1 amide bonds. The monoisotopic (exact) mass is 398 g/mol. The van der Waals surface area contributed by atoms with Gasteiger partial charge in [-0.1, -0.05) is 12.1 Å². The number of carbonyl (C=O) groups is 1. The van der Waals surface area contributed by atoms with Crippen molar-refractivity contribution in [1.29, 1.82) is 0 Å². The summed E-state index contributed by atoms with van der Waals surface area (Å²) in [6.07, 6.45) is 8.17. The zero-order valence-corrected chi connectivity index (χ0v) is 17.6. The molecule has 1 aliphatic carbocycles. The van der Waals surface area contributed by atoms with Gasteiger partial charge in [-0.05, 0) is 80.9 Å². The number of hydrogen-bond acceptors (Lipinski definition) is 4. The summed E-state index contributed by atoms with van der Waals surface area (Å²) in [5.41, 5.74) is 0.312. The summed E-state index contributed by atoms with van der Waals surface area (Å²) in [6.45, 7) is 2.71. The van der Waals surface area contributed by atoms with Crippen LogP contribution in [0.4, 0.5) is 0 Å². The number of benzene rings is 1. The summed E-state index contributed by atoms with van der Waals surface area (Å²) in [5.74, 6) is 1.99. The summed E-state index contributed by atoms with van der Waals surface area (Å²) >= 11 is 0. The first-order valence-corrected chi connectivity index (χ1v) is 11.5. The van der Waals surface area contributed by atoms with Crippen LogP contribution in [0.1, 0.15) is 63.0 Å². The standard InChI is InChI=1S/C24H34N2O3/c1-29-20-9-7-18(8-10-20)21-5-4-6-22-19-13-17(15-26(21)22)14-25(16-19)23(27)24(28)11-2-3-12-24/h7-10,17,19,21-22,28H,2-6,11-16H2,1H3/t17-,19+,21+,22-/m0/s1. The Morgan fingerprint density at radius 1 is 1.07 bits per heavy atom. The second-order valence-corrected chi connectivity index (χ2v) is 9.79. The second-order valence-electron chi connectivity index (χ2n) is 9.79. The van der Waals surface area contributed by atoms with Gasteiger partial charge in [0.15, 0.2) is 0 Å². The summed E-state index contributed by atoms with van der Waals surface area (Å²) < 4.78 is 5.34. The van der Waals surface area contributed by atoms with Gasteiger partial charge >= 0.3 is 0 Å². The fourth-order valence-electron chi connectivity index (χ4n) is 6.63. The minimum atomic E-state index is -1.08. The van der Waals surface area contributed by atoms with Crippen LogP contribution in [0, 0.1) is 11.8 Å². The van der Waals surface area contributed by atoms with Crippen molar-refractivity contribution < 1.29 is 14.6 Å². The molecule has 1 saturated carbocycles. The maximum atomic E-state index is 13.1. The Hall–Kier alpha value is -1.59. The van der Waals surface area contributed by atoms with E-state index in [0.717, 1.165) is 38.2 Å². The molecule has 0 unspecified atom stereocenters. The molecule has 1 aromatic rings. The Morgan fingerprint density at radius 3 is 2.55 bits per heavy atom. The van der Waals surface area contributed by atoms with Crippen molar-refractivity contribution in [1.82, 2.24) is 9.80 Å². The number of aliphatic hydroxyl groups is 1. The maximum absolute atomic E-state index is 13.1. The quantitative estimate of drug-likeness (QED) is 0.848. The van der Waals surface area contributed by atoms with Gasteiger partial charge in [0.25, 0.3) is 5.91 Å². The first kappa shape index (κ1) is 19.4. The molecule has 3 aliphatic heterocycles. The zero-order valence-electron chi connectivity index (χ0n) is 17.6. The van der Waals surface area contributed by atoms with Crippen molar-refractivity contribution in [2.24, 2.45) is 11.8 Å². The number of fused-ring (bicyclic) bond motifs is 4. The molecule has 1 N–H and O–H groups in total. The predicted octanol–water partition coefficient (Wildman–Crippen LogP) is 3.37. The lowest BCUT2D eigenvalue weighted by Crippen LogP contribution is -2.62. The molecule has 3 saturated heterocycles. The Bertz CT molecular complexity index is 743. The first-order chi connectivity index (χ1) is 14.1. The van der Waals surface area contributed by atoms with E-state index in [1.165, 1.54) is 31.2 Å². The van der Waals surface area contributed by atoms with E-state index < -0.39 is 5.60 Å². The lowest BCUT2D eigenvalue weighted by Gasteiger charge is -2.55. The zero-order chi connectivity index (χ0) is 20.0. The average molecular weight is 399 g/mol. The van der Waals surface area contributed by atoms with Crippen LogP contribution in [0.25, 0.3) is 0 Å². The van der Waals surface area contributed by atoms with Crippen LogP contribution < -0.4 is 4.74 Å². The average Bonchev–Trinajstić information content (AvgIpc) is 3.20. The highest BCUT2D eigenvalue weighted by atomic mass is 16.5. The van der Waals surface area contributed by atoms with Gasteiger partial charge in [-0.3, -0.25) is 9.69 Å². The fraction of sp³-hybridized carbons (Fsp3) is 0.708. The van der Waals surface area contributed by atoms with Gasteiger partial charge in [0.05, 0.1) is 7.11 Å². The van der Waals surface area contributed by atoms with Gasteiger partial charge in [0.2, 0.25) is 0 Å². The maximum Gasteiger partial charge on any atom is 0.254 e. The molecule has 0 radical (unpaired) electrons. The number of nitrogens with zero attached hydrogens (tertiary/aromatic N) is 2. The van der Waals surface area contributed by atoms with Crippen molar-refractivity contribution in [3.05, 3.63) is 29.8 Å². The highest BCUT2D eigenvalue weighted by molar-refractivity contribution is 5.85. The third-order valence-electron chi connectivity index (χ3n) is 8.00. The Labute approximate surface area is 174 Å². The van der Waals surface area contributed by atoms with E-state index in [-0.39, 0.29) is 5.91 Å². The van der Waals surface area contributed by atoms with E-state index in [2.05, 4.69) is 29.2 Å². The molecular weight excluding hydrogens is 364 g/mol. The van der Waals surface area contributed by atoms with Crippen LogP contribution in [-0.2, 0) is 4.79 Å². The number of methoxy groups -OCH3 is 1. The van der Waals surface area contributed by atoms with E-state index >= 15 is 0 Å². The van der Waals surface area contributed by atoms with Crippen LogP contribution in [-0.4, -0.2) is 59.2 Å². The number of amides is 1.